The van der Waals surface area contributed by atoms with Gasteiger partial charge < -0.3 is 10.2 Å². The first kappa shape index (κ1) is 12.6. The van der Waals surface area contributed by atoms with E-state index in [0.717, 1.165) is 22.9 Å². The Morgan fingerprint density at radius 2 is 2.24 bits per heavy atom. The van der Waals surface area contributed by atoms with Gasteiger partial charge in [0.25, 0.3) is 0 Å². The summed E-state index contributed by atoms with van der Waals surface area (Å²) in [6.45, 7) is 0.634. The van der Waals surface area contributed by atoms with E-state index < -0.39 is 0 Å². The zero-order chi connectivity index (χ0) is 12.3. The molecule has 1 aromatic heterocycles. The normalized spacial score (nSPS) is 10.8. The van der Waals surface area contributed by atoms with Crippen LogP contribution >= 0.6 is 27.5 Å². The number of nitrogens with two attached hydrogens (primary N) is 1. The van der Waals surface area contributed by atoms with E-state index >= 15 is 0 Å². The van der Waals surface area contributed by atoms with Gasteiger partial charge in [-0.25, -0.2) is 4.98 Å². The van der Waals surface area contributed by atoms with E-state index in [1.54, 1.807) is 6.20 Å². The maximum Gasteiger partial charge on any atom is 0.194 e. The molecule has 0 unspecified atom stereocenters. The Bertz CT molecular complexity index is 513. The van der Waals surface area contributed by atoms with Gasteiger partial charge in [-0.15, -0.1) is 0 Å². The maximum absolute atomic E-state index is 6.12. The molecule has 0 saturated carbocycles. The highest BCUT2D eigenvalue weighted by atomic mass is 79.9. The van der Waals surface area contributed by atoms with Gasteiger partial charge in [-0.05, 0) is 31.2 Å². The molecule has 0 amide bonds. The van der Waals surface area contributed by atoms with Crippen LogP contribution < -0.4 is 5.73 Å². The van der Waals surface area contributed by atoms with Crippen molar-refractivity contribution in [3.8, 4) is 11.3 Å². The number of aromatic nitrogens is 1. The quantitative estimate of drug-likeness (QED) is 0.937. The lowest BCUT2D eigenvalue weighted by atomic mass is 10.2. The summed E-state index contributed by atoms with van der Waals surface area (Å²) in [5, 5.41) is 0.648. The minimum atomic E-state index is 0.634. The molecule has 0 bridgehead atoms. The van der Waals surface area contributed by atoms with Crippen molar-refractivity contribution in [1.82, 2.24) is 4.98 Å². The molecule has 1 aromatic carbocycles. The van der Waals surface area contributed by atoms with Crippen LogP contribution in [0.3, 0.4) is 0 Å². The van der Waals surface area contributed by atoms with E-state index in [4.69, 9.17) is 21.8 Å². The molecule has 0 fully saturated rings. The molecule has 2 N–H and O–H groups in total. The number of hydrogen-bond donors (Lipinski definition) is 1. The molecular formula is C12H12BrClN2O. The Balaban J connectivity index is 2.27. The van der Waals surface area contributed by atoms with Crippen molar-refractivity contribution in [3.05, 3.63) is 39.8 Å². The minimum absolute atomic E-state index is 0.634. The lowest BCUT2D eigenvalue weighted by Gasteiger charge is -2.00. The number of rotatable bonds is 4. The van der Waals surface area contributed by atoms with Gasteiger partial charge in [0.15, 0.2) is 11.7 Å². The first-order valence-electron chi connectivity index (χ1n) is 5.31. The number of hydrogen-bond acceptors (Lipinski definition) is 3. The largest absolute Gasteiger partial charge is 0.441 e. The van der Waals surface area contributed by atoms with Gasteiger partial charge in [0.05, 0.1) is 11.2 Å². The Kier molecular flexibility index (Phi) is 4.20. The number of benzene rings is 1. The zero-order valence-corrected chi connectivity index (χ0v) is 11.5. The van der Waals surface area contributed by atoms with Crippen LogP contribution in [0.25, 0.3) is 11.3 Å². The highest BCUT2D eigenvalue weighted by molar-refractivity contribution is 9.10. The summed E-state index contributed by atoms with van der Waals surface area (Å²) in [6.07, 6.45) is 3.31. The van der Waals surface area contributed by atoms with Crippen LogP contribution in [0.5, 0.6) is 0 Å². The van der Waals surface area contributed by atoms with E-state index in [9.17, 15) is 0 Å². The van der Waals surface area contributed by atoms with E-state index in [0.29, 0.717) is 23.2 Å². The van der Waals surface area contributed by atoms with Crippen LogP contribution in [0.1, 0.15) is 12.3 Å². The molecule has 1 heterocycles. The van der Waals surface area contributed by atoms with Crippen LogP contribution in [0.4, 0.5) is 0 Å². The van der Waals surface area contributed by atoms with Gasteiger partial charge in [0.2, 0.25) is 0 Å². The molecule has 2 rings (SSSR count). The van der Waals surface area contributed by atoms with Gasteiger partial charge in [0.1, 0.15) is 0 Å². The molecule has 0 spiro atoms. The van der Waals surface area contributed by atoms with E-state index in [-0.39, 0.29) is 0 Å². The Morgan fingerprint density at radius 3 is 3.00 bits per heavy atom. The van der Waals surface area contributed by atoms with Crippen LogP contribution in [-0.2, 0) is 6.42 Å². The van der Waals surface area contributed by atoms with E-state index in [2.05, 4.69) is 20.9 Å². The third kappa shape index (κ3) is 3.09. The second kappa shape index (κ2) is 5.67. The van der Waals surface area contributed by atoms with Crippen molar-refractivity contribution in [1.29, 1.82) is 0 Å². The van der Waals surface area contributed by atoms with Crippen molar-refractivity contribution in [3.63, 3.8) is 0 Å². The Labute approximate surface area is 113 Å². The van der Waals surface area contributed by atoms with Crippen molar-refractivity contribution >= 4 is 27.5 Å². The molecule has 0 atom stereocenters. The van der Waals surface area contributed by atoms with Gasteiger partial charge >= 0.3 is 0 Å². The summed E-state index contributed by atoms with van der Waals surface area (Å²) in [6, 6.07) is 5.62. The summed E-state index contributed by atoms with van der Waals surface area (Å²) in [5.74, 6) is 1.38. The lowest BCUT2D eigenvalue weighted by molar-refractivity contribution is 0.499. The summed E-state index contributed by atoms with van der Waals surface area (Å²) < 4.78 is 6.59. The molecule has 90 valence electrons. The molecule has 0 aliphatic rings. The van der Waals surface area contributed by atoms with Gasteiger partial charge in [-0.2, -0.15) is 0 Å². The van der Waals surface area contributed by atoms with Crippen molar-refractivity contribution in [2.45, 2.75) is 12.8 Å². The molecule has 0 aliphatic heterocycles. The van der Waals surface area contributed by atoms with E-state index in [1.165, 1.54) is 0 Å². The van der Waals surface area contributed by atoms with Crippen LogP contribution in [0.2, 0.25) is 5.02 Å². The molecular weight excluding hydrogens is 304 g/mol. The fourth-order valence-electron chi connectivity index (χ4n) is 1.49. The first-order chi connectivity index (χ1) is 8.20. The predicted molar refractivity (Wildman–Crippen MR) is 72.0 cm³/mol. The first-order valence-corrected chi connectivity index (χ1v) is 6.48. The minimum Gasteiger partial charge on any atom is -0.441 e. The standard InChI is InChI=1S/C12H12BrClN2O/c13-8-3-4-10(14)9(6-8)11-7-16-12(17-11)2-1-5-15/h3-4,6-7H,1-2,5,15H2. The summed E-state index contributed by atoms with van der Waals surface area (Å²) in [5.41, 5.74) is 6.28. The van der Waals surface area contributed by atoms with Gasteiger partial charge in [-0.3, -0.25) is 0 Å². The second-order valence-electron chi connectivity index (χ2n) is 3.63. The average molecular weight is 316 g/mol. The number of oxazole rings is 1. The lowest BCUT2D eigenvalue weighted by Crippen LogP contribution is -2.00. The summed E-state index contributed by atoms with van der Waals surface area (Å²) >= 11 is 9.52. The van der Waals surface area contributed by atoms with Crippen molar-refractivity contribution in [2.75, 3.05) is 6.54 Å². The zero-order valence-electron chi connectivity index (χ0n) is 9.12. The van der Waals surface area contributed by atoms with Crippen molar-refractivity contribution in [2.24, 2.45) is 5.73 Å². The summed E-state index contributed by atoms with van der Waals surface area (Å²) in [4.78, 5) is 4.20. The average Bonchev–Trinajstić information content (AvgIpc) is 2.78. The fraction of sp³-hybridized carbons (Fsp3) is 0.250. The Morgan fingerprint density at radius 1 is 1.41 bits per heavy atom. The topological polar surface area (TPSA) is 52.0 Å². The molecule has 0 saturated heterocycles. The number of nitrogens with zero attached hydrogens (tertiary/aromatic N) is 1. The molecule has 3 nitrogen and oxygen atoms in total. The van der Waals surface area contributed by atoms with Crippen molar-refractivity contribution < 1.29 is 4.42 Å². The SMILES string of the molecule is NCCCc1ncc(-c2cc(Br)ccc2Cl)o1. The predicted octanol–water partition coefficient (Wildman–Crippen LogP) is 3.65. The van der Waals surface area contributed by atoms with Gasteiger partial charge in [-0.1, -0.05) is 27.5 Å². The highest BCUT2D eigenvalue weighted by Gasteiger charge is 2.10. The monoisotopic (exact) mass is 314 g/mol. The summed E-state index contributed by atoms with van der Waals surface area (Å²) in [7, 11) is 0. The van der Waals surface area contributed by atoms with Crippen LogP contribution in [0.15, 0.2) is 33.3 Å². The Hall–Kier alpha value is -0.840. The molecule has 0 aliphatic carbocycles. The molecule has 17 heavy (non-hydrogen) atoms. The maximum atomic E-state index is 6.12. The van der Waals surface area contributed by atoms with E-state index in [1.807, 2.05) is 18.2 Å². The molecule has 2 aromatic rings. The van der Waals surface area contributed by atoms with Crippen LogP contribution in [0, 0.1) is 0 Å². The third-order valence-electron chi connectivity index (χ3n) is 2.34. The highest BCUT2D eigenvalue weighted by Crippen LogP contribution is 2.31. The van der Waals surface area contributed by atoms with Gasteiger partial charge in [0, 0.05) is 16.5 Å². The number of aryl methyl sites for hydroxylation is 1. The smallest absolute Gasteiger partial charge is 0.194 e. The third-order valence-corrected chi connectivity index (χ3v) is 3.17. The second-order valence-corrected chi connectivity index (χ2v) is 4.96. The van der Waals surface area contributed by atoms with Crippen LogP contribution in [-0.4, -0.2) is 11.5 Å². The number of halogens is 2. The molecule has 0 radical (unpaired) electrons. The molecule has 5 heteroatoms. The fourth-order valence-corrected chi connectivity index (χ4v) is 2.06.